The SMILES string of the molecule is Cc1nn(C)c(C)c1C1=NCC(C)N1. The molecule has 0 spiro atoms. The topological polar surface area (TPSA) is 42.2 Å². The third-order valence-corrected chi connectivity index (χ3v) is 2.65. The Morgan fingerprint density at radius 1 is 1.43 bits per heavy atom. The molecule has 2 rings (SSSR count). The molecule has 0 radical (unpaired) electrons. The predicted molar refractivity (Wildman–Crippen MR) is 56.7 cm³/mol. The van der Waals surface area contributed by atoms with Gasteiger partial charge in [0.05, 0.1) is 17.8 Å². The first-order chi connectivity index (χ1) is 6.59. The Morgan fingerprint density at radius 3 is 2.57 bits per heavy atom. The molecular formula is C10H16N4. The average molecular weight is 192 g/mol. The van der Waals surface area contributed by atoms with Gasteiger partial charge in [-0.25, -0.2) is 0 Å². The Balaban J connectivity index is 2.42. The molecule has 0 aliphatic carbocycles. The number of hydrogen-bond donors (Lipinski definition) is 1. The van der Waals surface area contributed by atoms with Gasteiger partial charge in [-0.2, -0.15) is 5.10 Å². The summed E-state index contributed by atoms with van der Waals surface area (Å²) >= 11 is 0. The number of amidine groups is 1. The molecule has 1 unspecified atom stereocenters. The fourth-order valence-electron chi connectivity index (χ4n) is 1.82. The van der Waals surface area contributed by atoms with Gasteiger partial charge in [-0.3, -0.25) is 9.67 Å². The number of nitrogens with zero attached hydrogens (tertiary/aromatic N) is 3. The van der Waals surface area contributed by atoms with E-state index in [1.807, 2.05) is 18.7 Å². The van der Waals surface area contributed by atoms with Gasteiger partial charge < -0.3 is 5.32 Å². The van der Waals surface area contributed by atoms with Gasteiger partial charge in [0.2, 0.25) is 0 Å². The van der Waals surface area contributed by atoms with Crippen molar-refractivity contribution in [2.75, 3.05) is 6.54 Å². The second-order valence-electron chi connectivity index (χ2n) is 3.90. The minimum atomic E-state index is 0.448. The predicted octanol–water partition coefficient (Wildman–Crippen LogP) is 0.775. The van der Waals surface area contributed by atoms with E-state index in [0.29, 0.717) is 6.04 Å². The highest BCUT2D eigenvalue weighted by atomic mass is 15.3. The quantitative estimate of drug-likeness (QED) is 0.714. The van der Waals surface area contributed by atoms with Gasteiger partial charge in [-0.15, -0.1) is 0 Å². The van der Waals surface area contributed by atoms with Crippen LogP contribution < -0.4 is 5.32 Å². The summed E-state index contributed by atoms with van der Waals surface area (Å²) in [6.45, 7) is 7.10. The number of aliphatic imine (C=N–C) groups is 1. The fourth-order valence-corrected chi connectivity index (χ4v) is 1.82. The number of aromatic nitrogens is 2. The van der Waals surface area contributed by atoms with Crippen LogP contribution in [-0.4, -0.2) is 28.2 Å². The van der Waals surface area contributed by atoms with Crippen molar-refractivity contribution < 1.29 is 0 Å². The molecule has 1 N–H and O–H groups in total. The Morgan fingerprint density at radius 2 is 2.14 bits per heavy atom. The van der Waals surface area contributed by atoms with E-state index in [9.17, 15) is 0 Å². The van der Waals surface area contributed by atoms with Gasteiger partial charge in [0.1, 0.15) is 5.84 Å². The number of rotatable bonds is 1. The molecule has 1 aromatic rings. The van der Waals surface area contributed by atoms with E-state index in [1.54, 1.807) is 0 Å². The van der Waals surface area contributed by atoms with Crippen molar-refractivity contribution in [2.45, 2.75) is 26.8 Å². The maximum absolute atomic E-state index is 4.47. The van der Waals surface area contributed by atoms with E-state index in [0.717, 1.165) is 23.6 Å². The number of aryl methyl sites for hydroxylation is 2. The van der Waals surface area contributed by atoms with Crippen LogP contribution in [0.15, 0.2) is 4.99 Å². The summed E-state index contributed by atoms with van der Waals surface area (Å²) in [6, 6.07) is 0.448. The Kier molecular flexibility index (Phi) is 2.06. The maximum Gasteiger partial charge on any atom is 0.132 e. The minimum absolute atomic E-state index is 0.448. The zero-order valence-corrected chi connectivity index (χ0v) is 9.13. The molecule has 0 bridgehead atoms. The van der Waals surface area contributed by atoms with E-state index in [1.165, 1.54) is 5.69 Å². The van der Waals surface area contributed by atoms with Crippen LogP contribution in [0.3, 0.4) is 0 Å². The van der Waals surface area contributed by atoms with Gasteiger partial charge in [-0.1, -0.05) is 0 Å². The van der Waals surface area contributed by atoms with E-state index < -0.39 is 0 Å². The minimum Gasteiger partial charge on any atom is -0.365 e. The zero-order chi connectivity index (χ0) is 10.3. The number of nitrogens with one attached hydrogen (secondary N) is 1. The molecule has 4 heteroatoms. The Hall–Kier alpha value is -1.32. The van der Waals surface area contributed by atoms with Crippen molar-refractivity contribution >= 4 is 5.84 Å². The molecule has 14 heavy (non-hydrogen) atoms. The van der Waals surface area contributed by atoms with Crippen LogP contribution in [-0.2, 0) is 7.05 Å². The van der Waals surface area contributed by atoms with E-state index in [2.05, 4.69) is 29.3 Å². The number of hydrogen-bond acceptors (Lipinski definition) is 3. The van der Waals surface area contributed by atoms with Crippen molar-refractivity contribution in [3.8, 4) is 0 Å². The first kappa shape index (κ1) is 9.24. The first-order valence-corrected chi connectivity index (χ1v) is 4.91. The summed E-state index contributed by atoms with van der Waals surface area (Å²) in [7, 11) is 1.96. The smallest absolute Gasteiger partial charge is 0.132 e. The molecule has 0 saturated heterocycles. The van der Waals surface area contributed by atoms with Crippen molar-refractivity contribution in [1.82, 2.24) is 15.1 Å². The lowest BCUT2D eigenvalue weighted by Crippen LogP contribution is -2.28. The molecule has 0 fully saturated rings. The van der Waals surface area contributed by atoms with Gasteiger partial charge in [0.15, 0.2) is 0 Å². The molecule has 76 valence electrons. The normalized spacial score (nSPS) is 20.9. The maximum atomic E-state index is 4.47. The summed E-state index contributed by atoms with van der Waals surface area (Å²) in [5, 5.41) is 7.74. The highest BCUT2D eigenvalue weighted by Crippen LogP contribution is 2.14. The monoisotopic (exact) mass is 192 g/mol. The van der Waals surface area contributed by atoms with Crippen LogP contribution in [0.1, 0.15) is 23.9 Å². The summed E-state index contributed by atoms with van der Waals surface area (Å²) < 4.78 is 1.90. The largest absolute Gasteiger partial charge is 0.365 e. The zero-order valence-electron chi connectivity index (χ0n) is 9.13. The molecule has 4 nitrogen and oxygen atoms in total. The van der Waals surface area contributed by atoms with Crippen LogP contribution in [0.4, 0.5) is 0 Å². The molecule has 1 aliphatic heterocycles. The highest BCUT2D eigenvalue weighted by molar-refractivity contribution is 6.01. The Labute approximate surface area is 84.0 Å². The highest BCUT2D eigenvalue weighted by Gasteiger charge is 2.20. The summed E-state index contributed by atoms with van der Waals surface area (Å²) in [5.41, 5.74) is 3.38. The third kappa shape index (κ3) is 1.31. The van der Waals surface area contributed by atoms with Crippen molar-refractivity contribution in [3.05, 3.63) is 17.0 Å². The van der Waals surface area contributed by atoms with Gasteiger partial charge >= 0.3 is 0 Å². The van der Waals surface area contributed by atoms with Gasteiger partial charge in [0.25, 0.3) is 0 Å². The third-order valence-electron chi connectivity index (χ3n) is 2.65. The summed E-state index contributed by atoms with van der Waals surface area (Å²) in [4.78, 5) is 4.47. The lowest BCUT2D eigenvalue weighted by molar-refractivity contribution is 0.724. The standard InChI is InChI=1S/C10H16N4/c1-6-5-11-10(12-6)9-7(2)13-14(4)8(9)3/h6H,5H2,1-4H3,(H,11,12). The summed E-state index contributed by atoms with van der Waals surface area (Å²) in [6.07, 6.45) is 0. The van der Waals surface area contributed by atoms with Crippen LogP contribution in [0.2, 0.25) is 0 Å². The molecule has 1 aromatic heterocycles. The lowest BCUT2D eigenvalue weighted by atomic mass is 10.2. The van der Waals surface area contributed by atoms with Crippen LogP contribution in [0.25, 0.3) is 0 Å². The van der Waals surface area contributed by atoms with Gasteiger partial charge in [-0.05, 0) is 20.8 Å². The van der Waals surface area contributed by atoms with E-state index >= 15 is 0 Å². The second-order valence-corrected chi connectivity index (χ2v) is 3.90. The van der Waals surface area contributed by atoms with Gasteiger partial charge in [0, 0.05) is 18.8 Å². The van der Waals surface area contributed by atoms with Crippen LogP contribution >= 0.6 is 0 Å². The van der Waals surface area contributed by atoms with Crippen LogP contribution in [0, 0.1) is 13.8 Å². The second kappa shape index (κ2) is 3.12. The lowest BCUT2D eigenvalue weighted by Gasteiger charge is -2.05. The van der Waals surface area contributed by atoms with E-state index in [-0.39, 0.29) is 0 Å². The van der Waals surface area contributed by atoms with Crippen molar-refractivity contribution in [1.29, 1.82) is 0 Å². The Bertz CT molecular complexity index is 389. The molecular weight excluding hydrogens is 176 g/mol. The molecule has 0 saturated carbocycles. The van der Waals surface area contributed by atoms with Crippen LogP contribution in [0.5, 0.6) is 0 Å². The molecule has 1 atom stereocenters. The summed E-state index contributed by atoms with van der Waals surface area (Å²) in [5.74, 6) is 1.00. The fraction of sp³-hybridized carbons (Fsp3) is 0.600. The van der Waals surface area contributed by atoms with Crippen molar-refractivity contribution in [3.63, 3.8) is 0 Å². The first-order valence-electron chi connectivity index (χ1n) is 4.91. The molecule has 0 aromatic carbocycles. The van der Waals surface area contributed by atoms with E-state index in [4.69, 9.17) is 0 Å². The molecule has 1 aliphatic rings. The molecule has 0 amide bonds. The average Bonchev–Trinajstić information content (AvgIpc) is 2.60. The molecule has 2 heterocycles. The van der Waals surface area contributed by atoms with Crippen molar-refractivity contribution in [2.24, 2.45) is 12.0 Å².